The molecule has 1 aromatic carbocycles. The first-order valence-electron chi connectivity index (χ1n) is 6.20. The molecular weight excluding hydrogens is 247 g/mol. The van der Waals surface area contributed by atoms with Crippen molar-refractivity contribution in [2.75, 3.05) is 0 Å². The maximum Gasteiger partial charge on any atom is 0.128 e. The number of fused-ring (bicyclic) bond motifs is 1. The van der Waals surface area contributed by atoms with Gasteiger partial charge in [-0.15, -0.1) is 0 Å². The van der Waals surface area contributed by atoms with Crippen molar-refractivity contribution in [2.45, 2.75) is 30.1 Å². The molecule has 1 unspecified atom stereocenters. The van der Waals surface area contributed by atoms with Crippen LogP contribution in [0.3, 0.4) is 0 Å². The molecule has 3 heteroatoms. The number of carbonyl (C=O) groups is 1. The second kappa shape index (κ2) is 4.73. The number of carbonyl (C=O) groups excluding carboxylic acids is 1. The van der Waals surface area contributed by atoms with E-state index in [1.54, 1.807) is 6.07 Å². The van der Waals surface area contributed by atoms with Crippen LogP contribution in [0.4, 0.5) is 4.39 Å². The van der Waals surface area contributed by atoms with Gasteiger partial charge in [0.05, 0.1) is 0 Å². The van der Waals surface area contributed by atoms with Crippen molar-refractivity contribution in [3.63, 3.8) is 0 Å². The Hall–Kier alpha value is -1.35. The third-order valence-corrected chi connectivity index (χ3v) is 5.44. The van der Waals surface area contributed by atoms with Crippen LogP contribution in [-0.4, -0.2) is 6.29 Å². The van der Waals surface area contributed by atoms with Crippen LogP contribution >= 0.6 is 10.9 Å². The van der Waals surface area contributed by atoms with Crippen molar-refractivity contribution in [3.8, 4) is 0 Å². The molecule has 1 atom stereocenters. The highest BCUT2D eigenvalue weighted by atomic mass is 32.2. The Bertz CT molecular complexity index is 536. The molecule has 0 aromatic heterocycles. The quantitative estimate of drug-likeness (QED) is 0.633. The van der Waals surface area contributed by atoms with Crippen LogP contribution < -0.4 is 0 Å². The van der Waals surface area contributed by atoms with E-state index in [0.29, 0.717) is 5.56 Å². The maximum absolute atomic E-state index is 14.2. The molecule has 94 valence electrons. The van der Waals surface area contributed by atoms with Crippen molar-refractivity contribution < 1.29 is 9.18 Å². The summed E-state index contributed by atoms with van der Waals surface area (Å²) in [6.45, 7) is 0. The van der Waals surface area contributed by atoms with Gasteiger partial charge < -0.3 is 4.79 Å². The summed E-state index contributed by atoms with van der Waals surface area (Å²) >= 11 is 0. The first-order chi connectivity index (χ1) is 8.79. The van der Waals surface area contributed by atoms with Gasteiger partial charge in [-0.05, 0) is 52.7 Å². The number of hydrogen-bond acceptors (Lipinski definition) is 1. The van der Waals surface area contributed by atoms with Gasteiger partial charge >= 0.3 is 0 Å². The van der Waals surface area contributed by atoms with Gasteiger partial charge in [0.15, 0.2) is 0 Å². The Balaban J connectivity index is 2.07. The molecule has 2 aliphatic rings. The lowest BCUT2D eigenvalue weighted by Crippen LogP contribution is -2.13. The van der Waals surface area contributed by atoms with Crippen molar-refractivity contribution >= 4 is 17.2 Å². The van der Waals surface area contributed by atoms with E-state index in [-0.39, 0.29) is 11.7 Å². The van der Waals surface area contributed by atoms with Crippen LogP contribution in [0.1, 0.15) is 29.9 Å². The summed E-state index contributed by atoms with van der Waals surface area (Å²) in [5.74, 6) is -0.444. The molecule has 1 aromatic rings. The van der Waals surface area contributed by atoms with E-state index in [9.17, 15) is 9.18 Å². The number of aldehydes is 1. The number of hydrogen-bond donors (Lipinski definition) is 1. The second-order valence-electron chi connectivity index (χ2n) is 4.73. The third-order valence-electron chi connectivity index (χ3n) is 3.60. The molecule has 0 fully saturated rings. The van der Waals surface area contributed by atoms with Gasteiger partial charge in [-0.1, -0.05) is 12.2 Å². The summed E-state index contributed by atoms with van der Waals surface area (Å²) in [6, 6.07) is 3.71. The zero-order valence-corrected chi connectivity index (χ0v) is 10.9. The Morgan fingerprint density at radius 2 is 2.06 bits per heavy atom. The van der Waals surface area contributed by atoms with E-state index >= 15 is 0 Å². The molecule has 18 heavy (non-hydrogen) atoms. The van der Waals surface area contributed by atoms with Gasteiger partial charge in [0.1, 0.15) is 12.1 Å². The number of aryl methyl sites for hydroxylation is 1. The SMILES string of the molecule is O=CC1CCCc2cc([SH]3C=CC=C3)cc(F)c21. The molecule has 3 rings (SSSR count). The smallest absolute Gasteiger partial charge is 0.128 e. The summed E-state index contributed by atoms with van der Waals surface area (Å²) in [4.78, 5) is 12.1. The molecule has 0 spiro atoms. The van der Waals surface area contributed by atoms with Gasteiger partial charge in [-0.25, -0.2) is 4.39 Å². The summed E-state index contributed by atoms with van der Waals surface area (Å²) in [6.07, 6.45) is 7.56. The molecule has 0 bridgehead atoms. The highest BCUT2D eigenvalue weighted by Crippen LogP contribution is 2.44. The van der Waals surface area contributed by atoms with E-state index in [2.05, 4.69) is 16.9 Å². The number of thiol groups is 1. The Morgan fingerprint density at radius 1 is 1.28 bits per heavy atom. The third kappa shape index (κ3) is 1.93. The standard InChI is InChI=1S/C15H15FOS/c16-14-9-13(18-6-1-2-7-18)8-11-4-3-5-12(10-17)15(11)14/h1-2,6-10,12,18H,3-5H2. The predicted molar refractivity (Wildman–Crippen MR) is 73.7 cm³/mol. The maximum atomic E-state index is 14.2. The van der Waals surface area contributed by atoms with Crippen molar-refractivity contribution in [1.82, 2.24) is 0 Å². The zero-order valence-electron chi connectivity index (χ0n) is 9.97. The minimum absolute atomic E-state index is 0.199. The van der Waals surface area contributed by atoms with Crippen LogP contribution in [0, 0.1) is 5.82 Å². The van der Waals surface area contributed by atoms with Crippen LogP contribution in [-0.2, 0) is 11.2 Å². The first kappa shape index (κ1) is 11.7. The monoisotopic (exact) mass is 262 g/mol. The van der Waals surface area contributed by atoms with Crippen LogP contribution in [0.2, 0.25) is 0 Å². The largest absolute Gasteiger partial charge is 0.303 e. The molecule has 1 aliphatic heterocycles. The minimum atomic E-state index is -0.480. The Morgan fingerprint density at radius 3 is 2.78 bits per heavy atom. The number of allylic oxidation sites excluding steroid dienone is 2. The molecule has 0 radical (unpaired) electrons. The van der Waals surface area contributed by atoms with Gasteiger partial charge in [-0.2, -0.15) is 10.9 Å². The lowest BCUT2D eigenvalue weighted by atomic mass is 9.83. The summed E-state index contributed by atoms with van der Waals surface area (Å²) in [5.41, 5.74) is 1.67. The van der Waals surface area contributed by atoms with Crippen LogP contribution in [0.15, 0.2) is 40.0 Å². The summed E-state index contributed by atoms with van der Waals surface area (Å²) < 4.78 is 14.2. The molecule has 0 N–H and O–H groups in total. The second-order valence-corrected chi connectivity index (χ2v) is 6.65. The molecule has 0 saturated heterocycles. The Labute approximate surface area is 109 Å². The molecular formula is C15H15FOS. The fourth-order valence-corrected chi connectivity index (χ4v) is 4.31. The average Bonchev–Trinajstić information content (AvgIpc) is 2.91. The van der Waals surface area contributed by atoms with Crippen LogP contribution in [0.5, 0.6) is 0 Å². The number of benzene rings is 1. The number of rotatable bonds is 2. The van der Waals surface area contributed by atoms with E-state index in [1.165, 1.54) is 0 Å². The lowest BCUT2D eigenvalue weighted by molar-refractivity contribution is -0.109. The van der Waals surface area contributed by atoms with Gasteiger partial charge in [0.2, 0.25) is 0 Å². The molecule has 1 nitrogen and oxygen atoms in total. The van der Waals surface area contributed by atoms with Gasteiger partial charge in [0.25, 0.3) is 0 Å². The minimum Gasteiger partial charge on any atom is -0.303 e. The highest BCUT2D eigenvalue weighted by molar-refractivity contribution is 8.22. The summed E-state index contributed by atoms with van der Waals surface area (Å²) in [7, 11) is -0.480. The Kier molecular flexibility index (Phi) is 3.08. The normalized spacial score (nSPS) is 23.2. The van der Waals surface area contributed by atoms with E-state index in [1.807, 2.05) is 12.2 Å². The van der Waals surface area contributed by atoms with Crippen molar-refractivity contribution in [3.05, 3.63) is 52.0 Å². The first-order valence-corrected chi connectivity index (χ1v) is 7.68. The van der Waals surface area contributed by atoms with Crippen LogP contribution in [0.25, 0.3) is 0 Å². The van der Waals surface area contributed by atoms with Gasteiger partial charge in [-0.3, -0.25) is 0 Å². The fraction of sp³-hybridized carbons (Fsp3) is 0.267. The average molecular weight is 262 g/mol. The van der Waals surface area contributed by atoms with Gasteiger partial charge in [0, 0.05) is 11.5 Å². The lowest BCUT2D eigenvalue weighted by Gasteiger charge is -2.24. The summed E-state index contributed by atoms with van der Waals surface area (Å²) in [5, 5.41) is 4.24. The molecule has 1 heterocycles. The van der Waals surface area contributed by atoms with E-state index < -0.39 is 10.9 Å². The highest BCUT2D eigenvalue weighted by Gasteiger charge is 2.24. The molecule has 0 amide bonds. The zero-order chi connectivity index (χ0) is 12.5. The van der Waals surface area contributed by atoms with Crippen molar-refractivity contribution in [1.29, 1.82) is 0 Å². The predicted octanol–water partition coefficient (Wildman–Crippen LogP) is 3.85. The van der Waals surface area contributed by atoms with E-state index in [4.69, 9.17) is 0 Å². The molecule has 1 aliphatic carbocycles. The topological polar surface area (TPSA) is 17.1 Å². The number of halogens is 1. The van der Waals surface area contributed by atoms with E-state index in [0.717, 1.165) is 36.0 Å². The van der Waals surface area contributed by atoms with Crippen molar-refractivity contribution in [2.24, 2.45) is 0 Å². The fourth-order valence-electron chi connectivity index (χ4n) is 2.73. The molecule has 0 saturated carbocycles.